The van der Waals surface area contributed by atoms with Gasteiger partial charge < -0.3 is 15.4 Å². The van der Waals surface area contributed by atoms with E-state index in [4.69, 9.17) is 0 Å². The molecule has 3 aromatic rings. The molecule has 34 heavy (non-hydrogen) atoms. The molecule has 4 heterocycles. The number of pyridine rings is 1. The number of carboxylic acid groups (broad SMARTS) is 1. The van der Waals surface area contributed by atoms with Gasteiger partial charge in [-0.15, -0.1) is 11.8 Å². The first-order valence-corrected chi connectivity index (χ1v) is 12.1. The van der Waals surface area contributed by atoms with Crippen molar-refractivity contribution in [3.63, 3.8) is 0 Å². The number of carbonyl (C=O) groups is 3. The number of aromatic amines is 1. The van der Waals surface area contributed by atoms with Crippen molar-refractivity contribution in [2.24, 2.45) is 0 Å². The van der Waals surface area contributed by atoms with E-state index >= 15 is 0 Å². The zero-order valence-corrected chi connectivity index (χ0v) is 19.1. The number of hydrogen-bond donors (Lipinski definition) is 3. The summed E-state index contributed by atoms with van der Waals surface area (Å²) in [6, 6.07) is 11.3. The molecule has 0 radical (unpaired) electrons. The minimum Gasteiger partial charge on any atom is -0.477 e. The first-order valence-electron chi connectivity index (χ1n) is 10.2. The van der Waals surface area contributed by atoms with Gasteiger partial charge in [-0.2, -0.15) is 0 Å². The van der Waals surface area contributed by atoms with Gasteiger partial charge in [0.25, 0.3) is 5.91 Å². The Kier molecular flexibility index (Phi) is 5.84. The van der Waals surface area contributed by atoms with E-state index in [0.717, 1.165) is 17.3 Å². The highest BCUT2D eigenvalue weighted by atomic mass is 32.2. The van der Waals surface area contributed by atoms with Crippen LogP contribution >= 0.6 is 23.5 Å². The monoisotopic (exact) mass is 495 g/mol. The maximum Gasteiger partial charge on any atom is 0.353 e. The van der Waals surface area contributed by atoms with E-state index in [1.165, 1.54) is 28.9 Å². The summed E-state index contributed by atoms with van der Waals surface area (Å²) in [7, 11) is 0. The fraction of sp³-hybridized carbons (Fsp3) is 0.182. The van der Waals surface area contributed by atoms with E-state index in [9.17, 15) is 24.3 Å². The highest BCUT2D eigenvalue weighted by Crippen LogP contribution is 2.44. The summed E-state index contributed by atoms with van der Waals surface area (Å²) in [5, 5.41) is 13.0. The molecule has 2 aliphatic rings. The van der Waals surface area contributed by atoms with Crippen LogP contribution in [0.25, 0.3) is 11.0 Å². The fourth-order valence-electron chi connectivity index (χ4n) is 3.76. The second-order valence-electron chi connectivity index (χ2n) is 7.58. The quantitative estimate of drug-likeness (QED) is 0.341. The highest BCUT2D eigenvalue weighted by Gasteiger charge is 2.54. The lowest BCUT2D eigenvalue weighted by Gasteiger charge is -2.49. The number of thioether (sulfide) groups is 2. The van der Waals surface area contributed by atoms with Crippen molar-refractivity contribution in [1.82, 2.24) is 25.2 Å². The van der Waals surface area contributed by atoms with Crippen LogP contribution < -0.4 is 10.9 Å². The average Bonchev–Trinajstić information content (AvgIpc) is 2.82. The normalized spacial score (nSPS) is 19.5. The van der Waals surface area contributed by atoms with Crippen molar-refractivity contribution < 1.29 is 19.5 Å². The largest absolute Gasteiger partial charge is 0.477 e. The number of nitrogens with one attached hydrogen (secondary N) is 2. The number of β-lactam (4-membered cyclic amide) rings is 1. The molecule has 1 aromatic carbocycles. The Morgan fingerprint density at radius 1 is 1.21 bits per heavy atom. The fourth-order valence-corrected chi connectivity index (χ4v) is 6.13. The van der Waals surface area contributed by atoms with Crippen molar-refractivity contribution >= 4 is 52.3 Å². The summed E-state index contributed by atoms with van der Waals surface area (Å²) in [6.45, 7) is 0. The van der Waals surface area contributed by atoms with Gasteiger partial charge in [-0.3, -0.25) is 19.3 Å². The summed E-state index contributed by atoms with van der Waals surface area (Å²) >= 11 is 2.40. The number of carboxylic acids is 1. The van der Waals surface area contributed by atoms with Crippen molar-refractivity contribution in [2.75, 3.05) is 5.75 Å². The van der Waals surface area contributed by atoms with Crippen LogP contribution in [0, 0.1) is 0 Å². The number of amides is 2. The van der Waals surface area contributed by atoms with Gasteiger partial charge in [-0.25, -0.2) is 14.8 Å². The van der Waals surface area contributed by atoms with Crippen molar-refractivity contribution in [2.45, 2.75) is 23.0 Å². The van der Waals surface area contributed by atoms with Gasteiger partial charge in [-0.05, 0) is 11.6 Å². The molecule has 2 amide bonds. The molecule has 1 fully saturated rings. The molecule has 2 aliphatic heterocycles. The summed E-state index contributed by atoms with van der Waals surface area (Å²) in [5.41, 5.74) is 0.708. The number of nitrogens with zero attached hydrogens (tertiary/aromatic N) is 3. The number of hydrogen-bond acceptors (Lipinski definition) is 8. The van der Waals surface area contributed by atoms with E-state index in [0.29, 0.717) is 21.7 Å². The third kappa shape index (κ3) is 4.17. The second-order valence-corrected chi connectivity index (χ2v) is 9.74. The van der Waals surface area contributed by atoms with Crippen LogP contribution in [0.3, 0.4) is 0 Å². The van der Waals surface area contributed by atoms with Crippen LogP contribution in [0.4, 0.5) is 0 Å². The number of aromatic nitrogens is 3. The molecule has 5 rings (SSSR count). The Morgan fingerprint density at radius 2 is 2.00 bits per heavy atom. The molecule has 2 atom stereocenters. The third-order valence-electron chi connectivity index (χ3n) is 5.33. The number of benzene rings is 1. The topological polar surface area (TPSA) is 145 Å². The molecule has 2 aromatic heterocycles. The first kappa shape index (κ1) is 22.2. The van der Waals surface area contributed by atoms with Gasteiger partial charge in [0, 0.05) is 28.3 Å². The van der Waals surface area contributed by atoms with Gasteiger partial charge in [0.05, 0.1) is 6.42 Å². The zero-order valence-electron chi connectivity index (χ0n) is 17.4. The van der Waals surface area contributed by atoms with E-state index < -0.39 is 23.3 Å². The summed E-state index contributed by atoms with van der Waals surface area (Å²) in [6.07, 6.45) is 1.67. The summed E-state index contributed by atoms with van der Waals surface area (Å²) in [5.74, 6) is -1.72. The standard InChI is InChI=1S/C22H17N5O5S2/c28-14-7-6-12-9-23-22(26-18(12)25-14)34-13-10-33-20-16(19(30)27(20)17(13)21(31)32)24-15(29)8-11-4-2-1-3-5-11/h1-7,9,16,20H,8,10H2,(H,24,29)(H,31,32)(H,23,25,26,28)/t16?,20-/m1/s1. The molecule has 10 nitrogen and oxygen atoms in total. The Labute approximate surface area is 200 Å². The minimum absolute atomic E-state index is 0.131. The van der Waals surface area contributed by atoms with Crippen molar-refractivity contribution in [3.05, 3.63) is 75.2 Å². The summed E-state index contributed by atoms with van der Waals surface area (Å²) in [4.78, 5) is 61.7. The number of rotatable bonds is 6. The van der Waals surface area contributed by atoms with Crippen LogP contribution in [0.1, 0.15) is 5.56 Å². The number of aliphatic carboxylic acids is 1. The van der Waals surface area contributed by atoms with Crippen molar-refractivity contribution in [3.8, 4) is 0 Å². The molecule has 3 N–H and O–H groups in total. The maximum absolute atomic E-state index is 12.8. The first-order chi connectivity index (χ1) is 16.4. The molecule has 172 valence electrons. The zero-order chi connectivity index (χ0) is 23.8. The molecule has 0 bridgehead atoms. The molecule has 1 saturated heterocycles. The lowest BCUT2D eigenvalue weighted by Crippen LogP contribution is -2.70. The van der Waals surface area contributed by atoms with Gasteiger partial charge in [0.1, 0.15) is 22.8 Å². The lowest BCUT2D eigenvalue weighted by atomic mass is 10.0. The molecular formula is C22H17N5O5S2. The smallest absolute Gasteiger partial charge is 0.353 e. The van der Waals surface area contributed by atoms with E-state index in [2.05, 4.69) is 20.3 Å². The minimum atomic E-state index is -1.25. The van der Waals surface area contributed by atoms with Gasteiger partial charge >= 0.3 is 5.97 Å². The average molecular weight is 496 g/mol. The molecule has 0 saturated carbocycles. The molecule has 1 unspecified atom stereocenters. The molecule has 0 aliphatic carbocycles. The van der Waals surface area contributed by atoms with Gasteiger partial charge in [0.2, 0.25) is 11.5 Å². The van der Waals surface area contributed by atoms with Crippen LogP contribution in [-0.4, -0.2) is 59.9 Å². The lowest BCUT2D eigenvalue weighted by molar-refractivity contribution is -0.150. The molecule has 12 heteroatoms. The SMILES string of the molecule is O=C(Cc1ccccc1)NC1C(=O)N2C(C(=O)O)=C(Sc3ncc4ccc(=O)[nH]c4n3)CS[C@H]12. The Bertz CT molecular complexity index is 1410. The number of fused-ring (bicyclic) bond motifs is 2. The predicted molar refractivity (Wildman–Crippen MR) is 126 cm³/mol. The number of H-pyrrole nitrogens is 1. The second kappa shape index (κ2) is 8.95. The van der Waals surface area contributed by atoms with E-state index in [1.54, 1.807) is 6.07 Å². The van der Waals surface area contributed by atoms with Crippen LogP contribution in [-0.2, 0) is 20.8 Å². The maximum atomic E-state index is 12.8. The van der Waals surface area contributed by atoms with Crippen LogP contribution in [0.5, 0.6) is 0 Å². The van der Waals surface area contributed by atoms with Gasteiger partial charge in [-0.1, -0.05) is 42.1 Å². The summed E-state index contributed by atoms with van der Waals surface area (Å²) < 4.78 is 0. The highest BCUT2D eigenvalue weighted by molar-refractivity contribution is 8.06. The van der Waals surface area contributed by atoms with Crippen LogP contribution in [0.2, 0.25) is 0 Å². The Morgan fingerprint density at radius 3 is 2.76 bits per heavy atom. The Hall–Kier alpha value is -3.64. The predicted octanol–water partition coefficient (Wildman–Crippen LogP) is 1.35. The Balaban J connectivity index is 1.34. The van der Waals surface area contributed by atoms with Crippen molar-refractivity contribution in [1.29, 1.82) is 0 Å². The molecular weight excluding hydrogens is 478 g/mol. The molecule has 0 spiro atoms. The van der Waals surface area contributed by atoms with Crippen LogP contribution in [0.15, 0.2) is 69.2 Å². The van der Waals surface area contributed by atoms with E-state index in [1.807, 2.05) is 30.3 Å². The third-order valence-corrected chi connectivity index (χ3v) is 7.75. The van der Waals surface area contributed by atoms with E-state index in [-0.39, 0.29) is 28.7 Å². The number of carbonyl (C=O) groups excluding carboxylic acids is 2. The van der Waals surface area contributed by atoms with Gasteiger partial charge in [0.15, 0.2) is 5.16 Å².